The van der Waals surface area contributed by atoms with Crippen LogP contribution in [-0.4, -0.2) is 14.8 Å². The van der Waals surface area contributed by atoms with Crippen molar-refractivity contribution in [1.29, 1.82) is 0 Å². The van der Waals surface area contributed by atoms with E-state index in [4.69, 9.17) is 0 Å². The Balaban J connectivity index is 2.35. The Labute approximate surface area is 105 Å². The van der Waals surface area contributed by atoms with E-state index in [1.165, 1.54) is 5.57 Å². The minimum atomic E-state index is 0.432. The number of hydrogen-bond donors (Lipinski definition) is 0. The summed E-state index contributed by atoms with van der Waals surface area (Å²) >= 11 is 3.68. The van der Waals surface area contributed by atoms with Crippen molar-refractivity contribution in [2.75, 3.05) is 0 Å². The van der Waals surface area contributed by atoms with E-state index in [1.807, 2.05) is 19.3 Å². The van der Waals surface area contributed by atoms with Crippen molar-refractivity contribution in [1.82, 2.24) is 9.97 Å². The molecule has 84 valence electrons. The Morgan fingerprint density at radius 2 is 1.81 bits per heavy atom. The maximum Gasteiger partial charge on any atom is 0.158 e. The van der Waals surface area contributed by atoms with E-state index in [0.717, 1.165) is 17.0 Å². The molecule has 3 heteroatoms. The summed E-state index contributed by atoms with van der Waals surface area (Å²) in [4.78, 5) is 9.15. The van der Waals surface area contributed by atoms with Gasteiger partial charge in [0, 0.05) is 22.8 Å². The summed E-state index contributed by atoms with van der Waals surface area (Å²) in [6.45, 7) is 6.33. The van der Waals surface area contributed by atoms with Gasteiger partial charge in [-0.25, -0.2) is 9.97 Å². The van der Waals surface area contributed by atoms with Crippen molar-refractivity contribution in [2.45, 2.75) is 25.6 Å². The van der Waals surface area contributed by atoms with Crippen LogP contribution in [0, 0.1) is 12.8 Å². The van der Waals surface area contributed by atoms with Gasteiger partial charge in [-0.05, 0) is 25.3 Å². The predicted molar refractivity (Wildman–Crippen MR) is 70.4 cm³/mol. The number of hydrogen-bond acceptors (Lipinski definition) is 2. The Morgan fingerprint density at radius 3 is 2.38 bits per heavy atom. The van der Waals surface area contributed by atoms with E-state index in [0.29, 0.717) is 10.7 Å². The van der Waals surface area contributed by atoms with Gasteiger partial charge in [0.1, 0.15) is 0 Å². The van der Waals surface area contributed by atoms with Gasteiger partial charge < -0.3 is 0 Å². The Morgan fingerprint density at radius 1 is 1.19 bits per heavy atom. The fourth-order valence-electron chi connectivity index (χ4n) is 1.84. The maximum atomic E-state index is 4.36. The summed E-state index contributed by atoms with van der Waals surface area (Å²) in [6, 6.07) is 0. The van der Waals surface area contributed by atoms with Gasteiger partial charge in [-0.3, -0.25) is 0 Å². The zero-order chi connectivity index (χ0) is 11.7. The number of allylic oxidation sites excluding steroid dienone is 4. The van der Waals surface area contributed by atoms with Crippen LogP contribution < -0.4 is 0 Å². The van der Waals surface area contributed by atoms with E-state index in [2.05, 4.69) is 51.9 Å². The topological polar surface area (TPSA) is 25.8 Å². The zero-order valence-electron chi connectivity index (χ0n) is 9.74. The molecule has 1 aliphatic rings. The van der Waals surface area contributed by atoms with Crippen LogP contribution in [-0.2, 0) is 0 Å². The van der Waals surface area contributed by atoms with Crippen LogP contribution in [0.4, 0.5) is 0 Å². The van der Waals surface area contributed by atoms with Crippen LogP contribution in [0.2, 0.25) is 0 Å². The van der Waals surface area contributed by atoms with Crippen molar-refractivity contribution in [3.05, 3.63) is 41.5 Å². The lowest BCUT2D eigenvalue weighted by Gasteiger charge is -2.21. The molecule has 0 bridgehead atoms. The average molecular weight is 279 g/mol. The third kappa shape index (κ3) is 2.24. The second-order valence-corrected chi connectivity index (χ2v) is 5.34. The monoisotopic (exact) mass is 278 g/mol. The largest absolute Gasteiger partial charge is 0.236 e. The predicted octanol–water partition coefficient (Wildman–Crippen LogP) is 3.53. The first-order chi connectivity index (χ1) is 7.58. The van der Waals surface area contributed by atoms with Crippen molar-refractivity contribution < 1.29 is 0 Å². The summed E-state index contributed by atoms with van der Waals surface area (Å²) in [5.74, 6) is 1.29. The molecule has 0 radical (unpaired) electrons. The Bertz CT molecular complexity index is 446. The molecule has 1 aromatic heterocycles. The van der Waals surface area contributed by atoms with Crippen LogP contribution in [0.3, 0.4) is 0 Å². The number of alkyl halides is 1. The third-order valence-electron chi connectivity index (χ3n) is 2.76. The summed E-state index contributed by atoms with van der Waals surface area (Å²) in [5, 5.41) is 0. The van der Waals surface area contributed by atoms with Gasteiger partial charge in [-0.2, -0.15) is 0 Å². The minimum absolute atomic E-state index is 0.432. The van der Waals surface area contributed by atoms with Gasteiger partial charge in [0.15, 0.2) is 5.82 Å². The van der Waals surface area contributed by atoms with E-state index < -0.39 is 0 Å². The van der Waals surface area contributed by atoms with Crippen LogP contribution in [0.15, 0.2) is 30.1 Å². The fourth-order valence-corrected chi connectivity index (χ4v) is 2.12. The molecule has 0 N–H and O–H groups in total. The molecule has 0 amide bonds. The van der Waals surface area contributed by atoms with E-state index in [9.17, 15) is 0 Å². The molecule has 2 unspecified atom stereocenters. The first-order valence-corrected chi connectivity index (χ1v) is 6.32. The molecular weight excluding hydrogens is 264 g/mol. The Hall–Kier alpha value is -0.960. The van der Waals surface area contributed by atoms with E-state index in [1.54, 1.807) is 0 Å². The molecule has 2 atom stereocenters. The van der Waals surface area contributed by atoms with E-state index in [-0.39, 0.29) is 0 Å². The van der Waals surface area contributed by atoms with Crippen LogP contribution in [0.5, 0.6) is 0 Å². The Kier molecular flexibility index (Phi) is 3.24. The highest BCUT2D eigenvalue weighted by Gasteiger charge is 2.20. The second kappa shape index (κ2) is 4.50. The van der Waals surface area contributed by atoms with Crippen LogP contribution in [0.1, 0.15) is 25.2 Å². The van der Waals surface area contributed by atoms with Gasteiger partial charge >= 0.3 is 0 Å². The average Bonchev–Trinajstić information content (AvgIpc) is 2.26. The number of rotatable bonds is 1. The van der Waals surface area contributed by atoms with Crippen molar-refractivity contribution >= 4 is 21.5 Å². The molecule has 0 fully saturated rings. The number of aromatic nitrogens is 2. The number of nitrogens with zero attached hydrogens (tertiary/aromatic N) is 2. The SMILES string of the molecule is CC1=CC(c2ncc(C)cn2)=CC(C)C1Br. The lowest BCUT2D eigenvalue weighted by Crippen LogP contribution is -2.14. The quantitative estimate of drug-likeness (QED) is 0.735. The minimum Gasteiger partial charge on any atom is -0.236 e. The third-order valence-corrected chi connectivity index (χ3v) is 4.32. The van der Waals surface area contributed by atoms with Crippen LogP contribution >= 0.6 is 15.9 Å². The molecule has 0 aliphatic heterocycles. The van der Waals surface area contributed by atoms with Gasteiger partial charge in [0.25, 0.3) is 0 Å². The van der Waals surface area contributed by atoms with Crippen LogP contribution in [0.25, 0.3) is 5.57 Å². The van der Waals surface area contributed by atoms with Gasteiger partial charge in [-0.1, -0.05) is 40.6 Å². The first-order valence-electron chi connectivity index (χ1n) is 5.41. The van der Waals surface area contributed by atoms with Crippen molar-refractivity contribution in [2.24, 2.45) is 5.92 Å². The lowest BCUT2D eigenvalue weighted by molar-refractivity contribution is 0.735. The standard InChI is InChI=1S/C13H15BrN2/c1-8-6-15-13(16-7-8)11-4-9(2)12(14)10(3)5-11/h4-7,9,12H,1-3H3. The highest BCUT2D eigenvalue weighted by molar-refractivity contribution is 9.09. The first kappa shape index (κ1) is 11.5. The molecule has 0 spiro atoms. The number of halogens is 1. The van der Waals surface area contributed by atoms with E-state index >= 15 is 0 Å². The summed E-state index contributed by atoms with van der Waals surface area (Å²) in [7, 11) is 0. The fraction of sp³-hybridized carbons (Fsp3) is 0.385. The molecule has 1 heterocycles. The molecule has 0 saturated carbocycles. The normalized spacial score (nSPS) is 25.0. The summed E-state index contributed by atoms with van der Waals surface area (Å²) in [5.41, 5.74) is 3.54. The highest BCUT2D eigenvalue weighted by atomic mass is 79.9. The molecule has 1 aromatic rings. The smallest absolute Gasteiger partial charge is 0.158 e. The molecule has 2 nitrogen and oxygen atoms in total. The zero-order valence-corrected chi connectivity index (χ0v) is 11.3. The van der Waals surface area contributed by atoms with Gasteiger partial charge in [0.2, 0.25) is 0 Å². The van der Waals surface area contributed by atoms with Crippen molar-refractivity contribution in [3.63, 3.8) is 0 Å². The summed E-state index contributed by atoms with van der Waals surface area (Å²) < 4.78 is 0. The van der Waals surface area contributed by atoms with Crippen molar-refractivity contribution in [3.8, 4) is 0 Å². The maximum absolute atomic E-state index is 4.36. The molecule has 1 aliphatic carbocycles. The van der Waals surface area contributed by atoms with Gasteiger partial charge in [-0.15, -0.1) is 0 Å². The lowest BCUT2D eigenvalue weighted by atomic mass is 9.92. The molecule has 0 saturated heterocycles. The molecule has 0 aromatic carbocycles. The molecule has 16 heavy (non-hydrogen) atoms. The highest BCUT2D eigenvalue weighted by Crippen LogP contribution is 2.31. The molecular formula is C13H15BrN2. The number of aryl methyl sites for hydroxylation is 1. The molecule has 2 rings (SSSR count). The second-order valence-electron chi connectivity index (χ2n) is 4.36. The van der Waals surface area contributed by atoms with Gasteiger partial charge in [0.05, 0.1) is 0 Å². The summed E-state index contributed by atoms with van der Waals surface area (Å²) in [6.07, 6.45) is 8.09.